The molecule has 36 heavy (non-hydrogen) atoms. The summed E-state index contributed by atoms with van der Waals surface area (Å²) in [6.07, 6.45) is 1.83. The van der Waals surface area contributed by atoms with Gasteiger partial charge < -0.3 is 19.5 Å². The molecule has 2 aromatic carbocycles. The summed E-state index contributed by atoms with van der Waals surface area (Å²) in [5.74, 6) is 0.764. The first-order valence-electron chi connectivity index (χ1n) is 11.9. The van der Waals surface area contributed by atoms with E-state index in [9.17, 15) is 0 Å². The topological polar surface area (TPSA) is 42.3 Å². The first kappa shape index (κ1) is 24.3. The van der Waals surface area contributed by atoms with Gasteiger partial charge in [0.05, 0.1) is 30.6 Å². The van der Waals surface area contributed by atoms with Gasteiger partial charge in [-0.15, -0.1) is 0 Å². The van der Waals surface area contributed by atoms with Gasteiger partial charge in [0.1, 0.15) is 5.75 Å². The van der Waals surface area contributed by atoms with E-state index in [1.165, 1.54) is 11.1 Å². The minimum absolute atomic E-state index is 0.0976. The highest BCUT2D eigenvalue weighted by Gasteiger charge is 2.42. The first-order valence-corrected chi connectivity index (χ1v) is 12.7. The van der Waals surface area contributed by atoms with Crippen LogP contribution in [-0.4, -0.2) is 21.8 Å². The molecule has 1 aliphatic heterocycles. The van der Waals surface area contributed by atoms with E-state index >= 15 is 0 Å². The van der Waals surface area contributed by atoms with Crippen molar-refractivity contribution in [2.24, 2.45) is 0 Å². The molecule has 1 aliphatic rings. The molecule has 1 saturated heterocycles. The second-order valence-corrected chi connectivity index (χ2v) is 10.1. The van der Waals surface area contributed by atoms with Gasteiger partial charge in [-0.05, 0) is 105 Å². The zero-order valence-electron chi connectivity index (χ0n) is 21.0. The number of hydrogen-bond acceptors (Lipinski definition) is 3. The third kappa shape index (κ3) is 4.14. The van der Waals surface area contributed by atoms with Crippen LogP contribution < -0.4 is 15.0 Å². The summed E-state index contributed by atoms with van der Waals surface area (Å²) in [6, 6.07) is 20.2. The van der Waals surface area contributed by atoms with Crippen LogP contribution in [0.25, 0.3) is 5.69 Å². The van der Waals surface area contributed by atoms with Gasteiger partial charge >= 0.3 is 0 Å². The predicted molar refractivity (Wildman–Crippen MR) is 151 cm³/mol. The van der Waals surface area contributed by atoms with E-state index in [2.05, 4.69) is 72.8 Å². The lowest BCUT2D eigenvalue weighted by atomic mass is 9.96. The maximum absolute atomic E-state index is 6.40. The van der Waals surface area contributed by atoms with Gasteiger partial charge in [0.25, 0.3) is 0 Å². The van der Waals surface area contributed by atoms with Crippen LogP contribution in [0, 0.1) is 27.7 Å². The number of ether oxygens (including phenoxy) is 1. The summed E-state index contributed by atoms with van der Waals surface area (Å²) in [6.45, 7) is 8.50. The lowest BCUT2D eigenvalue weighted by molar-refractivity contribution is 0.412. The van der Waals surface area contributed by atoms with Crippen LogP contribution >= 0.6 is 23.8 Å². The molecule has 0 aliphatic carbocycles. The molecule has 1 N–H and O–H groups in total. The zero-order chi connectivity index (χ0) is 25.6. The number of rotatable bonds is 5. The van der Waals surface area contributed by atoms with Crippen LogP contribution in [0.1, 0.15) is 45.9 Å². The number of nitrogens with zero attached hydrogens (tertiary/aromatic N) is 3. The van der Waals surface area contributed by atoms with Gasteiger partial charge in [0, 0.05) is 28.3 Å². The van der Waals surface area contributed by atoms with Crippen LogP contribution in [0.15, 0.2) is 66.9 Å². The Morgan fingerprint density at radius 3 is 2.47 bits per heavy atom. The molecule has 0 saturated carbocycles. The number of anilines is 1. The molecule has 0 radical (unpaired) electrons. The summed E-state index contributed by atoms with van der Waals surface area (Å²) in [7, 11) is 1.68. The molecule has 0 spiro atoms. The Morgan fingerprint density at radius 2 is 1.78 bits per heavy atom. The third-order valence-corrected chi connectivity index (χ3v) is 7.59. The van der Waals surface area contributed by atoms with Crippen molar-refractivity contribution in [1.29, 1.82) is 0 Å². The Balaban J connectivity index is 1.71. The van der Waals surface area contributed by atoms with Gasteiger partial charge in [-0.25, -0.2) is 0 Å². The van der Waals surface area contributed by atoms with Gasteiger partial charge in [-0.1, -0.05) is 23.7 Å². The molecule has 184 valence electrons. The van der Waals surface area contributed by atoms with Gasteiger partial charge in [-0.3, -0.25) is 4.98 Å². The van der Waals surface area contributed by atoms with Gasteiger partial charge in [-0.2, -0.15) is 0 Å². The molecular formula is C29H29ClN4OS. The Bertz CT molecular complexity index is 1450. The summed E-state index contributed by atoms with van der Waals surface area (Å²) in [5, 5.41) is 4.91. The summed E-state index contributed by atoms with van der Waals surface area (Å²) < 4.78 is 7.89. The highest BCUT2D eigenvalue weighted by Crippen LogP contribution is 2.44. The lowest BCUT2D eigenvalue weighted by Gasteiger charge is -2.28. The molecule has 1 fully saturated rings. The van der Waals surface area contributed by atoms with E-state index < -0.39 is 0 Å². The number of pyridine rings is 1. The number of nitrogens with one attached hydrogen (secondary N) is 1. The Hall–Kier alpha value is -3.35. The molecular weight excluding hydrogens is 488 g/mol. The van der Waals surface area contributed by atoms with Crippen LogP contribution in [-0.2, 0) is 0 Å². The molecule has 5 rings (SSSR count). The SMILES string of the molecule is COc1ccc(Cl)cc1-n1c(C)cc([C@@H]2[C@H](c3ccccn3)NC(=S)N2c2ccc(C)c(C)c2)c1C. The zero-order valence-corrected chi connectivity index (χ0v) is 22.6. The van der Waals surface area contributed by atoms with Crippen molar-refractivity contribution < 1.29 is 4.74 Å². The predicted octanol–water partition coefficient (Wildman–Crippen LogP) is 6.95. The molecule has 5 nitrogen and oxygen atoms in total. The van der Waals surface area contributed by atoms with Crippen LogP contribution in [0.5, 0.6) is 5.75 Å². The fourth-order valence-corrected chi connectivity index (χ4v) is 5.63. The minimum Gasteiger partial charge on any atom is -0.495 e. The number of thiocarbonyl (C=S) groups is 1. The van der Waals surface area contributed by atoms with Crippen molar-refractivity contribution in [3.63, 3.8) is 0 Å². The number of hydrogen-bond donors (Lipinski definition) is 1. The van der Waals surface area contributed by atoms with E-state index in [1.807, 2.05) is 36.5 Å². The molecule has 7 heteroatoms. The quantitative estimate of drug-likeness (QED) is 0.291. The Kier molecular flexibility index (Phi) is 6.49. The standard InChI is InChI=1S/C29H29ClN4OS/c1-17-9-11-22(14-18(17)2)34-28(27(32-29(34)36)24-8-6-7-13-31-24)23-15-19(3)33(20(23)4)25-16-21(30)10-12-26(25)35-5/h6-16,27-28H,1-5H3,(H,32,36)/t27-,28+/m0/s1. The summed E-state index contributed by atoms with van der Waals surface area (Å²) in [4.78, 5) is 6.92. The highest BCUT2D eigenvalue weighted by molar-refractivity contribution is 7.80. The molecule has 2 aromatic heterocycles. The summed E-state index contributed by atoms with van der Waals surface area (Å²) in [5.41, 5.74) is 8.73. The lowest BCUT2D eigenvalue weighted by Crippen LogP contribution is -2.29. The Morgan fingerprint density at radius 1 is 0.972 bits per heavy atom. The van der Waals surface area contributed by atoms with Crippen molar-refractivity contribution in [2.75, 3.05) is 12.0 Å². The number of benzene rings is 2. The van der Waals surface area contributed by atoms with E-state index in [0.717, 1.165) is 39.8 Å². The largest absolute Gasteiger partial charge is 0.495 e. The second kappa shape index (κ2) is 9.60. The molecule has 4 aromatic rings. The van der Waals surface area contributed by atoms with Gasteiger partial charge in [0.2, 0.25) is 0 Å². The fraction of sp³-hybridized carbons (Fsp3) is 0.241. The average molecular weight is 517 g/mol. The van der Waals surface area contributed by atoms with Crippen LogP contribution in [0.3, 0.4) is 0 Å². The normalized spacial score (nSPS) is 17.4. The number of halogens is 1. The van der Waals surface area contributed by atoms with Crippen molar-refractivity contribution >= 4 is 34.6 Å². The number of aromatic nitrogens is 2. The summed E-state index contributed by atoms with van der Waals surface area (Å²) >= 11 is 12.3. The first-order chi connectivity index (χ1) is 17.3. The second-order valence-electron chi connectivity index (χ2n) is 9.24. The average Bonchev–Trinajstić information content (AvgIpc) is 3.36. The molecule has 2 atom stereocenters. The van der Waals surface area contributed by atoms with Crippen molar-refractivity contribution in [1.82, 2.24) is 14.9 Å². The maximum atomic E-state index is 6.40. The molecule has 0 unspecified atom stereocenters. The van der Waals surface area contributed by atoms with Crippen LogP contribution in [0.4, 0.5) is 5.69 Å². The van der Waals surface area contributed by atoms with E-state index in [-0.39, 0.29) is 12.1 Å². The minimum atomic E-state index is -0.115. The smallest absolute Gasteiger partial charge is 0.174 e. The molecule has 0 bridgehead atoms. The van der Waals surface area contributed by atoms with E-state index in [1.54, 1.807) is 7.11 Å². The third-order valence-electron chi connectivity index (χ3n) is 7.04. The van der Waals surface area contributed by atoms with Gasteiger partial charge in [0.15, 0.2) is 5.11 Å². The molecule has 0 amide bonds. The molecule has 3 heterocycles. The van der Waals surface area contributed by atoms with Crippen molar-refractivity contribution in [3.05, 3.63) is 106 Å². The fourth-order valence-electron chi connectivity index (χ4n) is 5.12. The Labute approximate surface area is 222 Å². The van der Waals surface area contributed by atoms with Crippen molar-refractivity contribution in [2.45, 2.75) is 39.8 Å². The maximum Gasteiger partial charge on any atom is 0.174 e. The highest BCUT2D eigenvalue weighted by atomic mass is 35.5. The van der Waals surface area contributed by atoms with E-state index in [4.69, 9.17) is 33.5 Å². The van der Waals surface area contributed by atoms with Crippen molar-refractivity contribution in [3.8, 4) is 11.4 Å². The number of methoxy groups -OCH3 is 1. The van der Waals surface area contributed by atoms with Crippen LogP contribution in [0.2, 0.25) is 5.02 Å². The van der Waals surface area contributed by atoms with E-state index in [0.29, 0.717) is 10.1 Å². The number of aryl methyl sites for hydroxylation is 3. The monoisotopic (exact) mass is 516 g/mol.